The van der Waals surface area contributed by atoms with E-state index in [1.807, 2.05) is 6.20 Å². The number of rotatable bonds is 5. The van der Waals surface area contributed by atoms with E-state index in [0.717, 1.165) is 25.1 Å². The average Bonchev–Trinajstić information content (AvgIpc) is 3.01. The van der Waals surface area contributed by atoms with Crippen molar-refractivity contribution in [2.45, 2.75) is 38.3 Å². The van der Waals surface area contributed by atoms with Crippen LogP contribution in [0.1, 0.15) is 25.6 Å². The van der Waals surface area contributed by atoms with Gasteiger partial charge in [0.1, 0.15) is 5.82 Å². The van der Waals surface area contributed by atoms with Crippen LogP contribution in [0.4, 0.5) is 0 Å². The minimum absolute atomic E-state index is 0.0546. The Morgan fingerprint density at radius 2 is 2.40 bits per heavy atom. The monoisotopic (exact) mass is 209 g/mol. The third-order valence-electron chi connectivity index (χ3n) is 3.27. The first kappa shape index (κ1) is 10.6. The molecule has 4 heteroatoms. The van der Waals surface area contributed by atoms with Crippen LogP contribution in [0.5, 0.6) is 0 Å². The molecule has 1 aliphatic carbocycles. The molecule has 0 radical (unpaired) electrons. The minimum atomic E-state index is -0.454. The summed E-state index contributed by atoms with van der Waals surface area (Å²) in [5, 5.41) is 9.40. The maximum absolute atomic E-state index is 9.40. The van der Waals surface area contributed by atoms with Crippen LogP contribution >= 0.6 is 0 Å². The molecule has 1 aliphatic rings. The Morgan fingerprint density at radius 3 is 2.93 bits per heavy atom. The van der Waals surface area contributed by atoms with Crippen molar-refractivity contribution in [1.82, 2.24) is 9.55 Å². The number of nitrogens with two attached hydrogens (primary N) is 1. The van der Waals surface area contributed by atoms with Crippen molar-refractivity contribution in [3.05, 3.63) is 18.2 Å². The third kappa shape index (κ3) is 2.06. The molecule has 4 nitrogen and oxygen atoms in total. The number of aromatic nitrogens is 2. The van der Waals surface area contributed by atoms with Crippen LogP contribution in [0.15, 0.2) is 12.4 Å². The number of imidazole rings is 1. The number of hydrogen-bond acceptors (Lipinski definition) is 3. The average molecular weight is 209 g/mol. The standard InChI is InChI=1S/C11H19N3O/c1-2-10-13-5-6-14(10)7-11(12,8-15)9-3-4-9/h5-6,9,15H,2-4,7-8,12H2,1H3. The lowest BCUT2D eigenvalue weighted by Gasteiger charge is -2.28. The molecule has 84 valence electrons. The SMILES string of the molecule is CCc1nccn1CC(N)(CO)C1CC1. The zero-order valence-electron chi connectivity index (χ0n) is 9.19. The molecule has 15 heavy (non-hydrogen) atoms. The first-order chi connectivity index (χ1) is 7.19. The number of aliphatic hydroxyl groups is 1. The van der Waals surface area contributed by atoms with E-state index in [9.17, 15) is 5.11 Å². The van der Waals surface area contributed by atoms with Crippen molar-refractivity contribution < 1.29 is 5.11 Å². The summed E-state index contributed by atoms with van der Waals surface area (Å²) in [6.45, 7) is 2.81. The Hall–Kier alpha value is -0.870. The molecule has 1 saturated carbocycles. The molecule has 1 heterocycles. The van der Waals surface area contributed by atoms with Crippen molar-refractivity contribution in [1.29, 1.82) is 0 Å². The fourth-order valence-electron chi connectivity index (χ4n) is 2.08. The number of hydrogen-bond donors (Lipinski definition) is 2. The summed E-state index contributed by atoms with van der Waals surface area (Å²) >= 11 is 0. The van der Waals surface area contributed by atoms with Gasteiger partial charge in [0.15, 0.2) is 0 Å². The van der Waals surface area contributed by atoms with Crippen molar-refractivity contribution in [2.75, 3.05) is 6.61 Å². The van der Waals surface area contributed by atoms with Crippen LogP contribution in [-0.2, 0) is 13.0 Å². The Bertz CT molecular complexity index is 332. The second-order valence-electron chi connectivity index (χ2n) is 4.49. The van der Waals surface area contributed by atoms with E-state index in [2.05, 4.69) is 16.5 Å². The molecule has 0 saturated heterocycles. The maximum Gasteiger partial charge on any atom is 0.108 e. The first-order valence-electron chi connectivity index (χ1n) is 5.59. The minimum Gasteiger partial charge on any atom is -0.394 e. The van der Waals surface area contributed by atoms with E-state index in [1.54, 1.807) is 6.20 Å². The van der Waals surface area contributed by atoms with Gasteiger partial charge in [-0.05, 0) is 18.8 Å². The normalized spacial score (nSPS) is 20.2. The molecular weight excluding hydrogens is 190 g/mol. The van der Waals surface area contributed by atoms with Gasteiger partial charge in [0, 0.05) is 25.4 Å². The highest BCUT2D eigenvalue weighted by molar-refractivity contribution is 5.02. The smallest absolute Gasteiger partial charge is 0.108 e. The van der Waals surface area contributed by atoms with E-state index >= 15 is 0 Å². The van der Waals surface area contributed by atoms with Gasteiger partial charge in [-0.15, -0.1) is 0 Å². The summed E-state index contributed by atoms with van der Waals surface area (Å²) in [6.07, 6.45) is 6.93. The highest BCUT2D eigenvalue weighted by Gasteiger charge is 2.42. The second kappa shape index (κ2) is 3.94. The molecule has 0 aliphatic heterocycles. The Labute approximate surface area is 90.1 Å². The van der Waals surface area contributed by atoms with Gasteiger partial charge < -0.3 is 15.4 Å². The molecule has 1 unspecified atom stereocenters. The summed E-state index contributed by atoms with van der Waals surface area (Å²) < 4.78 is 2.06. The topological polar surface area (TPSA) is 64.1 Å². The number of aliphatic hydroxyl groups excluding tert-OH is 1. The van der Waals surface area contributed by atoms with E-state index in [-0.39, 0.29) is 6.61 Å². The molecule has 1 fully saturated rings. The molecule has 3 N–H and O–H groups in total. The molecule has 1 aromatic rings. The fraction of sp³-hybridized carbons (Fsp3) is 0.727. The Kier molecular flexibility index (Phi) is 2.80. The second-order valence-corrected chi connectivity index (χ2v) is 4.49. The van der Waals surface area contributed by atoms with Gasteiger partial charge in [-0.2, -0.15) is 0 Å². The van der Waals surface area contributed by atoms with E-state index in [1.165, 1.54) is 0 Å². The van der Waals surface area contributed by atoms with Gasteiger partial charge in [0.05, 0.1) is 12.1 Å². The van der Waals surface area contributed by atoms with E-state index < -0.39 is 5.54 Å². The largest absolute Gasteiger partial charge is 0.394 e. The number of nitrogens with zero attached hydrogens (tertiary/aromatic N) is 2. The predicted octanol–water partition coefficient (Wildman–Crippen LogP) is 0.545. The molecule has 1 atom stereocenters. The van der Waals surface area contributed by atoms with Gasteiger partial charge in [-0.25, -0.2) is 4.98 Å². The summed E-state index contributed by atoms with van der Waals surface area (Å²) in [7, 11) is 0. The lowest BCUT2D eigenvalue weighted by Crippen LogP contribution is -2.49. The summed E-state index contributed by atoms with van der Waals surface area (Å²) in [5.41, 5.74) is 5.77. The lowest BCUT2D eigenvalue weighted by molar-refractivity contribution is 0.158. The van der Waals surface area contributed by atoms with Crippen LogP contribution in [0.25, 0.3) is 0 Å². The van der Waals surface area contributed by atoms with E-state index in [0.29, 0.717) is 12.5 Å². The van der Waals surface area contributed by atoms with Gasteiger partial charge in [-0.1, -0.05) is 6.92 Å². The highest BCUT2D eigenvalue weighted by Crippen LogP contribution is 2.39. The molecule has 0 amide bonds. The zero-order chi connectivity index (χ0) is 10.9. The van der Waals surface area contributed by atoms with Gasteiger partial charge in [0.2, 0.25) is 0 Å². The van der Waals surface area contributed by atoms with Crippen molar-refractivity contribution in [3.8, 4) is 0 Å². The van der Waals surface area contributed by atoms with Gasteiger partial charge >= 0.3 is 0 Å². The van der Waals surface area contributed by atoms with Crippen LogP contribution in [0.3, 0.4) is 0 Å². The van der Waals surface area contributed by atoms with E-state index in [4.69, 9.17) is 5.73 Å². The van der Waals surface area contributed by atoms with Crippen LogP contribution in [0, 0.1) is 5.92 Å². The van der Waals surface area contributed by atoms with Gasteiger partial charge in [0.25, 0.3) is 0 Å². The molecule has 0 aromatic carbocycles. The molecule has 1 aromatic heterocycles. The number of aryl methyl sites for hydroxylation is 1. The maximum atomic E-state index is 9.40. The highest BCUT2D eigenvalue weighted by atomic mass is 16.3. The molecule has 0 bridgehead atoms. The fourth-order valence-corrected chi connectivity index (χ4v) is 2.08. The van der Waals surface area contributed by atoms with Crippen molar-refractivity contribution in [2.24, 2.45) is 11.7 Å². The van der Waals surface area contributed by atoms with Crippen molar-refractivity contribution in [3.63, 3.8) is 0 Å². The van der Waals surface area contributed by atoms with Crippen LogP contribution in [0.2, 0.25) is 0 Å². The Balaban J connectivity index is 2.12. The molecule has 0 spiro atoms. The third-order valence-corrected chi connectivity index (χ3v) is 3.27. The zero-order valence-corrected chi connectivity index (χ0v) is 9.19. The predicted molar refractivity (Wildman–Crippen MR) is 58.3 cm³/mol. The first-order valence-corrected chi connectivity index (χ1v) is 5.59. The van der Waals surface area contributed by atoms with Crippen LogP contribution in [-0.4, -0.2) is 26.8 Å². The van der Waals surface area contributed by atoms with Crippen molar-refractivity contribution >= 4 is 0 Å². The summed E-state index contributed by atoms with van der Waals surface area (Å²) in [6, 6.07) is 0. The molecular formula is C11H19N3O. The molecule has 2 rings (SSSR count). The summed E-state index contributed by atoms with van der Waals surface area (Å²) in [4.78, 5) is 4.26. The lowest BCUT2D eigenvalue weighted by atomic mass is 9.95. The Morgan fingerprint density at radius 1 is 1.67 bits per heavy atom. The van der Waals surface area contributed by atoms with Gasteiger partial charge in [-0.3, -0.25) is 0 Å². The van der Waals surface area contributed by atoms with Crippen LogP contribution < -0.4 is 5.73 Å². The quantitative estimate of drug-likeness (QED) is 0.744. The summed E-state index contributed by atoms with van der Waals surface area (Å²) in [5.74, 6) is 1.52.